The van der Waals surface area contributed by atoms with Crippen LogP contribution in [0.1, 0.15) is 0 Å². The molecule has 5 heteroatoms. The zero-order valence-electron chi connectivity index (χ0n) is 32.2. The lowest BCUT2D eigenvalue weighted by Gasteiger charge is -2.10. The van der Waals surface area contributed by atoms with Gasteiger partial charge in [0.05, 0.1) is 11.1 Å². The molecule has 3 heterocycles. The highest BCUT2D eigenvalue weighted by Crippen LogP contribution is 2.43. The molecule has 0 saturated carbocycles. The first-order valence-corrected chi connectivity index (χ1v) is 20.1. The number of nitrogens with zero attached hydrogens (tertiary/aromatic N) is 3. The van der Waals surface area contributed by atoms with Crippen molar-refractivity contribution in [3.63, 3.8) is 0 Å². The van der Waals surface area contributed by atoms with Crippen molar-refractivity contribution >= 4 is 54.6 Å². The second-order valence-corrected chi connectivity index (χ2v) is 15.1. The zero-order chi connectivity index (χ0) is 39.6. The molecule has 12 aromatic rings. The van der Waals surface area contributed by atoms with Gasteiger partial charge >= 0.3 is 0 Å². The van der Waals surface area contributed by atoms with Crippen LogP contribution in [0.5, 0.6) is 0 Å². The Morgan fingerprint density at radius 2 is 0.733 bits per heavy atom. The third-order valence-electron chi connectivity index (χ3n) is 11.5. The minimum absolute atomic E-state index is 0.517. The summed E-state index contributed by atoms with van der Waals surface area (Å²) in [5.74, 6) is 1.60. The SMILES string of the molecule is c1ccc(-c2cccc(-c3cc4c5cccc(-c6nc(-c7ccccc7)nc(-c7cccc8c7oc7cc(-c9ccccc9)ccc78)n6)c5oc4c4ccccc34)c2)cc1. The Bertz CT molecular complexity index is 3590. The van der Waals surface area contributed by atoms with E-state index in [1.165, 1.54) is 11.1 Å². The zero-order valence-corrected chi connectivity index (χ0v) is 32.2. The molecule has 0 amide bonds. The maximum atomic E-state index is 6.97. The van der Waals surface area contributed by atoms with Gasteiger partial charge in [-0.05, 0) is 75.2 Å². The molecule has 280 valence electrons. The van der Waals surface area contributed by atoms with E-state index in [-0.39, 0.29) is 0 Å². The number of furan rings is 2. The predicted octanol–water partition coefficient (Wildman–Crippen LogP) is 14.8. The van der Waals surface area contributed by atoms with Crippen LogP contribution in [0.4, 0.5) is 0 Å². The number of aromatic nitrogens is 3. The van der Waals surface area contributed by atoms with Crippen molar-refractivity contribution in [2.24, 2.45) is 0 Å². The molecule has 12 rings (SSSR count). The van der Waals surface area contributed by atoms with Crippen molar-refractivity contribution in [1.82, 2.24) is 15.0 Å². The summed E-state index contributed by atoms with van der Waals surface area (Å²) < 4.78 is 13.7. The van der Waals surface area contributed by atoms with Gasteiger partial charge in [0, 0.05) is 32.5 Å². The van der Waals surface area contributed by atoms with Crippen molar-refractivity contribution in [3.05, 3.63) is 200 Å². The quantitative estimate of drug-likeness (QED) is 0.169. The third kappa shape index (κ3) is 5.59. The molecule has 9 aromatic carbocycles. The highest BCUT2D eigenvalue weighted by Gasteiger charge is 2.22. The summed E-state index contributed by atoms with van der Waals surface area (Å²) in [5, 5.41) is 6.23. The van der Waals surface area contributed by atoms with E-state index in [0.717, 1.165) is 93.6 Å². The molecule has 0 radical (unpaired) electrons. The first-order chi connectivity index (χ1) is 29.7. The summed E-state index contributed by atoms with van der Waals surface area (Å²) in [4.78, 5) is 15.5. The molecule has 0 aliphatic carbocycles. The maximum Gasteiger partial charge on any atom is 0.167 e. The molecule has 0 aliphatic rings. The fraction of sp³-hybridized carbons (Fsp3) is 0. The lowest BCUT2D eigenvalue weighted by Crippen LogP contribution is -2.00. The normalized spacial score (nSPS) is 11.7. The van der Waals surface area contributed by atoms with Gasteiger partial charge in [-0.2, -0.15) is 0 Å². The van der Waals surface area contributed by atoms with Gasteiger partial charge in [-0.25, -0.2) is 15.0 Å². The summed E-state index contributed by atoms with van der Waals surface area (Å²) >= 11 is 0. The smallest absolute Gasteiger partial charge is 0.167 e. The minimum Gasteiger partial charge on any atom is -0.455 e. The van der Waals surface area contributed by atoms with Gasteiger partial charge in [-0.15, -0.1) is 0 Å². The Labute approximate surface area is 344 Å². The van der Waals surface area contributed by atoms with E-state index in [0.29, 0.717) is 17.5 Å². The number of hydrogen-bond acceptors (Lipinski definition) is 5. The summed E-state index contributed by atoms with van der Waals surface area (Å²) in [6.45, 7) is 0. The molecular weight excluding hydrogens is 735 g/mol. The van der Waals surface area contributed by atoms with Crippen LogP contribution in [-0.2, 0) is 0 Å². The summed E-state index contributed by atoms with van der Waals surface area (Å²) in [5.41, 5.74) is 12.4. The second-order valence-electron chi connectivity index (χ2n) is 15.1. The van der Waals surface area contributed by atoms with Crippen LogP contribution in [0.15, 0.2) is 209 Å². The second kappa shape index (κ2) is 13.8. The number of para-hydroxylation sites is 2. The van der Waals surface area contributed by atoms with Gasteiger partial charge in [0.15, 0.2) is 17.5 Å². The Hall–Kier alpha value is -8.15. The fourth-order valence-electron chi connectivity index (χ4n) is 8.65. The third-order valence-corrected chi connectivity index (χ3v) is 11.5. The predicted molar refractivity (Wildman–Crippen MR) is 245 cm³/mol. The molecule has 3 aromatic heterocycles. The number of hydrogen-bond donors (Lipinski definition) is 0. The minimum atomic E-state index is 0.517. The van der Waals surface area contributed by atoms with Crippen LogP contribution in [0.3, 0.4) is 0 Å². The lowest BCUT2D eigenvalue weighted by atomic mass is 9.93. The van der Waals surface area contributed by atoms with E-state index in [4.69, 9.17) is 23.8 Å². The van der Waals surface area contributed by atoms with E-state index >= 15 is 0 Å². The van der Waals surface area contributed by atoms with Gasteiger partial charge in [0.1, 0.15) is 22.3 Å². The Kier molecular flexibility index (Phi) is 7.78. The van der Waals surface area contributed by atoms with Crippen molar-refractivity contribution in [2.75, 3.05) is 0 Å². The molecule has 60 heavy (non-hydrogen) atoms. The molecular formula is C55H33N3O2. The number of fused-ring (bicyclic) bond motifs is 8. The molecule has 0 fully saturated rings. The van der Waals surface area contributed by atoms with Gasteiger partial charge in [-0.1, -0.05) is 164 Å². The summed E-state index contributed by atoms with van der Waals surface area (Å²) in [6, 6.07) is 69.3. The van der Waals surface area contributed by atoms with Crippen LogP contribution in [-0.4, -0.2) is 15.0 Å². The van der Waals surface area contributed by atoms with Gasteiger partial charge in [-0.3, -0.25) is 0 Å². The highest BCUT2D eigenvalue weighted by atomic mass is 16.3. The Morgan fingerprint density at radius 1 is 0.250 bits per heavy atom. The Morgan fingerprint density at radius 3 is 1.42 bits per heavy atom. The molecule has 0 N–H and O–H groups in total. The maximum absolute atomic E-state index is 6.97. The van der Waals surface area contributed by atoms with Crippen LogP contribution in [0.25, 0.3) is 122 Å². The van der Waals surface area contributed by atoms with Gasteiger partial charge in [0.25, 0.3) is 0 Å². The fourth-order valence-corrected chi connectivity index (χ4v) is 8.65. The monoisotopic (exact) mass is 767 g/mol. The van der Waals surface area contributed by atoms with E-state index in [1.54, 1.807) is 0 Å². The van der Waals surface area contributed by atoms with E-state index in [2.05, 4.69) is 146 Å². The van der Waals surface area contributed by atoms with Crippen molar-refractivity contribution in [1.29, 1.82) is 0 Å². The molecule has 0 atom stereocenters. The van der Waals surface area contributed by atoms with Crippen LogP contribution in [0, 0.1) is 0 Å². The number of rotatable bonds is 6. The molecule has 0 aliphatic heterocycles. The first kappa shape index (κ1) is 33.9. The Balaban J connectivity index is 1.06. The van der Waals surface area contributed by atoms with Gasteiger partial charge in [0.2, 0.25) is 0 Å². The van der Waals surface area contributed by atoms with E-state index in [1.807, 2.05) is 54.6 Å². The lowest BCUT2D eigenvalue weighted by molar-refractivity contribution is 0.669. The molecule has 0 bridgehead atoms. The largest absolute Gasteiger partial charge is 0.455 e. The van der Waals surface area contributed by atoms with Crippen LogP contribution < -0.4 is 0 Å². The van der Waals surface area contributed by atoms with Crippen LogP contribution in [0.2, 0.25) is 0 Å². The van der Waals surface area contributed by atoms with E-state index < -0.39 is 0 Å². The summed E-state index contributed by atoms with van der Waals surface area (Å²) in [7, 11) is 0. The van der Waals surface area contributed by atoms with Crippen molar-refractivity contribution in [3.8, 4) is 67.5 Å². The molecule has 5 nitrogen and oxygen atoms in total. The highest BCUT2D eigenvalue weighted by molar-refractivity contribution is 6.20. The topological polar surface area (TPSA) is 65.0 Å². The first-order valence-electron chi connectivity index (χ1n) is 20.1. The number of benzene rings is 9. The van der Waals surface area contributed by atoms with Crippen LogP contribution >= 0.6 is 0 Å². The average Bonchev–Trinajstić information content (AvgIpc) is 3.90. The molecule has 0 saturated heterocycles. The summed E-state index contributed by atoms with van der Waals surface area (Å²) in [6.07, 6.45) is 0. The molecule has 0 spiro atoms. The average molecular weight is 768 g/mol. The van der Waals surface area contributed by atoms with E-state index in [9.17, 15) is 0 Å². The van der Waals surface area contributed by atoms with Crippen molar-refractivity contribution < 1.29 is 8.83 Å². The molecule has 0 unspecified atom stereocenters. The van der Waals surface area contributed by atoms with Crippen molar-refractivity contribution in [2.45, 2.75) is 0 Å². The van der Waals surface area contributed by atoms with Gasteiger partial charge < -0.3 is 8.83 Å². The standard InChI is InChI=1S/C55H33N3O2/c1-4-15-34(16-5-1)37-21-12-22-39(31-37)47-33-48-44-26-14-28-46(51(44)60-52(48)42-24-11-10-23-40(42)47)55-57-53(36-19-8-3-9-20-36)56-54(58-55)45-27-13-25-43-41-30-29-38(32-49(41)59-50(43)45)35-17-6-2-7-18-35/h1-33H.